The van der Waals surface area contributed by atoms with Crippen LogP contribution in [0.1, 0.15) is 25.2 Å². The van der Waals surface area contributed by atoms with Gasteiger partial charge in [-0.05, 0) is 25.0 Å². The number of rotatable bonds is 6. The van der Waals surface area contributed by atoms with Crippen molar-refractivity contribution in [2.24, 2.45) is 11.1 Å². The van der Waals surface area contributed by atoms with Gasteiger partial charge in [0.15, 0.2) is 0 Å². The fourth-order valence-electron chi connectivity index (χ4n) is 3.25. The normalized spacial score (nSPS) is 17.1. The second-order valence-electron chi connectivity index (χ2n) is 6.27. The van der Waals surface area contributed by atoms with Crippen LogP contribution in [-0.2, 0) is 16.0 Å². The second-order valence-corrected chi connectivity index (χ2v) is 6.27. The van der Waals surface area contributed by atoms with E-state index < -0.39 is 12.0 Å². The largest absolute Gasteiger partial charge is 0.381 e. The number of hydrogen-bond donors (Lipinski definition) is 2. The van der Waals surface area contributed by atoms with E-state index >= 15 is 0 Å². The van der Waals surface area contributed by atoms with E-state index in [4.69, 9.17) is 10.5 Å². The zero-order valence-electron chi connectivity index (χ0n) is 13.9. The van der Waals surface area contributed by atoms with Crippen LogP contribution >= 0.6 is 0 Å². The third-order valence-electron chi connectivity index (χ3n) is 4.82. The van der Waals surface area contributed by atoms with E-state index in [9.17, 15) is 13.6 Å². The molecular weight excluding hydrogens is 330 g/mol. The van der Waals surface area contributed by atoms with E-state index in [1.165, 1.54) is 0 Å². The molecule has 0 bridgehead atoms. The number of fused-ring (bicyclic) bond motifs is 1. The highest BCUT2D eigenvalue weighted by Crippen LogP contribution is 2.29. The Hall–Kier alpha value is -2.06. The first-order chi connectivity index (χ1) is 12.1. The van der Waals surface area contributed by atoms with Gasteiger partial charge in [-0.3, -0.25) is 9.36 Å². The number of carbonyl (C=O) groups excluding carboxylic acids is 1. The number of nitrogens with two attached hydrogens (primary N) is 1. The number of benzene rings is 1. The molecule has 0 unspecified atom stereocenters. The molecule has 0 atom stereocenters. The van der Waals surface area contributed by atoms with E-state index in [2.05, 4.69) is 10.3 Å². The van der Waals surface area contributed by atoms with Gasteiger partial charge in [0.05, 0.1) is 16.4 Å². The molecule has 0 saturated carbocycles. The number of nitrogens with zero attached hydrogens (tertiary/aromatic N) is 2. The van der Waals surface area contributed by atoms with Crippen molar-refractivity contribution in [3.63, 3.8) is 0 Å². The van der Waals surface area contributed by atoms with Gasteiger partial charge in [0.1, 0.15) is 5.82 Å². The van der Waals surface area contributed by atoms with Crippen molar-refractivity contribution in [3.8, 4) is 0 Å². The van der Waals surface area contributed by atoms with Gasteiger partial charge in [0.25, 0.3) is 0 Å². The van der Waals surface area contributed by atoms with Gasteiger partial charge in [0, 0.05) is 32.7 Å². The maximum absolute atomic E-state index is 13.4. The van der Waals surface area contributed by atoms with Crippen molar-refractivity contribution in [3.05, 3.63) is 30.1 Å². The summed E-state index contributed by atoms with van der Waals surface area (Å²) in [6, 6.07) is 6.77. The molecule has 1 aliphatic heterocycles. The highest BCUT2D eigenvalue weighted by atomic mass is 19.3. The van der Waals surface area contributed by atoms with Crippen LogP contribution in [0.25, 0.3) is 11.0 Å². The minimum atomic E-state index is -2.68. The topological polar surface area (TPSA) is 82.2 Å². The molecule has 136 valence electrons. The SMILES string of the molecule is NCC1(C(=O)NCCc2nc3ccccc3n2C(F)F)CCOCC1. The summed E-state index contributed by atoms with van der Waals surface area (Å²) in [6.45, 7) is -1.18. The van der Waals surface area contributed by atoms with Crippen LogP contribution in [0.4, 0.5) is 8.78 Å². The molecule has 1 aromatic carbocycles. The summed E-state index contributed by atoms with van der Waals surface area (Å²) in [7, 11) is 0. The van der Waals surface area contributed by atoms with Crippen LogP contribution in [0.15, 0.2) is 24.3 Å². The first-order valence-electron chi connectivity index (χ1n) is 8.37. The Morgan fingerprint density at radius 2 is 2.08 bits per heavy atom. The summed E-state index contributed by atoms with van der Waals surface area (Å²) in [6.07, 6.45) is 1.37. The summed E-state index contributed by atoms with van der Waals surface area (Å²) >= 11 is 0. The molecule has 2 aromatic rings. The molecule has 1 saturated heterocycles. The number of alkyl halides is 2. The molecule has 0 aliphatic carbocycles. The summed E-state index contributed by atoms with van der Waals surface area (Å²) in [5.41, 5.74) is 6.09. The zero-order chi connectivity index (χ0) is 17.9. The molecule has 8 heteroatoms. The molecule has 1 aliphatic rings. The lowest BCUT2D eigenvalue weighted by atomic mass is 9.79. The Morgan fingerprint density at radius 1 is 1.36 bits per heavy atom. The minimum Gasteiger partial charge on any atom is -0.381 e. The summed E-state index contributed by atoms with van der Waals surface area (Å²) in [5, 5.41) is 2.83. The maximum Gasteiger partial charge on any atom is 0.320 e. The van der Waals surface area contributed by atoms with Crippen LogP contribution in [0.3, 0.4) is 0 Å². The predicted molar refractivity (Wildman–Crippen MR) is 89.2 cm³/mol. The first-order valence-corrected chi connectivity index (χ1v) is 8.37. The second kappa shape index (κ2) is 7.45. The fraction of sp³-hybridized carbons (Fsp3) is 0.529. The highest BCUT2D eigenvalue weighted by molar-refractivity contribution is 5.83. The molecular formula is C17H22F2N4O2. The van der Waals surface area contributed by atoms with E-state index in [-0.39, 0.29) is 31.2 Å². The molecule has 0 radical (unpaired) electrons. The van der Waals surface area contributed by atoms with E-state index in [1.807, 2.05) is 0 Å². The lowest BCUT2D eigenvalue weighted by molar-refractivity contribution is -0.135. The quantitative estimate of drug-likeness (QED) is 0.831. The average molecular weight is 352 g/mol. The summed E-state index contributed by atoms with van der Waals surface area (Å²) in [4.78, 5) is 16.8. The summed E-state index contributed by atoms with van der Waals surface area (Å²) < 4.78 is 33.0. The van der Waals surface area contributed by atoms with Gasteiger partial charge >= 0.3 is 6.55 Å². The molecule has 2 heterocycles. The van der Waals surface area contributed by atoms with Crippen molar-refractivity contribution < 1.29 is 18.3 Å². The number of amides is 1. The molecule has 1 aromatic heterocycles. The number of aromatic nitrogens is 2. The molecule has 6 nitrogen and oxygen atoms in total. The first kappa shape index (κ1) is 17.8. The molecule has 1 amide bonds. The number of hydrogen-bond acceptors (Lipinski definition) is 4. The number of para-hydroxylation sites is 2. The fourth-order valence-corrected chi connectivity index (χ4v) is 3.25. The molecule has 1 fully saturated rings. The van der Waals surface area contributed by atoms with Crippen LogP contribution < -0.4 is 11.1 Å². The van der Waals surface area contributed by atoms with Crippen molar-refractivity contribution in [1.29, 1.82) is 0 Å². The Morgan fingerprint density at radius 3 is 2.76 bits per heavy atom. The van der Waals surface area contributed by atoms with Crippen molar-refractivity contribution in [2.45, 2.75) is 25.8 Å². The van der Waals surface area contributed by atoms with Crippen molar-refractivity contribution >= 4 is 16.9 Å². The standard InChI is InChI=1S/C17H22F2N4O2/c18-16(19)23-13-4-2-1-3-12(13)22-14(23)5-8-21-15(24)17(11-20)6-9-25-10-7-17/h1-4,16H,5-11,20H2,(H,21,24). The monoisotopic (exact) mass is 352 g/mol. The van der Waals surface area contributed by atoms with Gasteiger partial charge in [-0.1, -0.05) is 12.1 Å². The lowest BCUT2D eigenvalue weighted by Crippen LogP contribution is -2.49. The lowest BCUT2D eigenvalue weighted by Gasteiger charge is -2.34. The Kier molecular flexibility index (Phi) is 5.29. The van der Waals surface area contributed by atoms with Gasteiger partial charge in [-0.15, -0.1) is 0 Å². The highest BCUT2D eigenvalue weighted by Gasteiger charge is 2.38. The minimum absolute atomic E-state index is 0.141. The van der Waals surface area contributed by atoms with Crippen molar-refractivity contribution in [1.82, 2.24) is 14.9 Å². The third kappa shape index (κ3) is 3.50. The number of nitrogens with one attached hydrogen (secondary N) is 1. The number of carbonyl (C=O) groups is 1. The zero-order valence-corrected chi connectivity index (χ0v) is 13.9. The number of ether oxygens (including phenoxy) is 1. The smallest absolute Gasteiger partial charge is 0.320 e. The Bertz CT molecular complexity index is 741. The van der Waals surface area contributed by atoms with Crippen LogP contribution in [0, 0.1) is 5.41 Å². The van der Waals surface area contributed by atoms with Crippen LogP contribution in [-0.4, -0.2) is 41.8 Å². The molecule has 25 heavy (non-hydrogen) atoms. The molecule has 0 spiro atoms. The van der Waals surface area contributed by atoms with E-state index in [0.717, 1.165) is 4.57 Å². The number of imidazole rings is 1. The molecule has 3 rings (SSSR count). The third-order valence-corrected chi connectivity index (χ3v) is 4.82. The predicted octanol–water partition coefficient (Wildman–Crippen LogP) is 1.85. The van der Waals surface area contributed by atoms with E-state index in [0.29, 0.717) is 37.1 Å². The Balaban J connectivity index is 1.68. The van der Waals surface area contributed by atoms with Gasteiger partial charge in [-0.25, -0.2) is 4.98 Å². The van der Waals surface area contributed by atoms with Gasteiger partial charge in [0.2, 0.25) is 5.91 Å². The van der Waals surface area contributed by atoms with Crippen LogP contribution in [0.2, 0.25) is 0 Å². The average Bonchev–Trinajstić information content (AvgIpc) is 3.00. The Labute approximate surface area is 144 Å². The molecule has 3 N–H and O–H groups in total. The van der Waals surface area contributed by atoms with Gasteiger partial charge < -0.3 is 15.8 Å². The summed E-state index contributed by atoms with van der Waals surface area (Å²) in [5.74, 6) is 0.114. The van der Waals surface area contributed by atoms with Crippen LogP contribution in [0.5, 0.6) is 0 Å². The van der Waals surface area contributed by atoms with Crippen molar-refractivity contribution in [2.75, 3.05) is 26.3 Å². The van der Waals surface area contributed by atoms with E-state index in [1.54, 1.807) is 24.3 Å². The number of halogens is 2. The van der Waals surface area contributed by atoms with Gasteiger partial charge in [-0.2, -0.15) is 8.78 Å². The maximum atomic E-state index is 13.4.